The summed E-state index contributed by atoms with van der Waals surface area (Å²) in [5.74, 6) is 2.41. The molecule has 7 heteroatoms. The van der Waals surface area contributed by atoms with Crippen molar-refractivity contribution < 1.29 is 0 Å². The van der Waals surface area contributed by atoms with Gasteiger partial charge in [-0.3, -0.25) is 9.69 Å². The van der Waals surface area contributed by atoms with Gasteiger partial charge in [0.1, 0.15) is 5.02 Å². The van der Waals surface area contributed by atoms with Crippen molar-refractivity contribution in [3.63, 3.8) is 0 Å². The Labute approximate surface area is 128 Å². The van der Waals surface area contributed by atoms with E-state index in [1.165, 1.54) is 16.2 Å². The van der Waals surface area contributed by atoms with Crippen molar-refractivity contribution >= 4 is 29.1 Å². The molecule has 2 heterocycles. The fourth-order valence-corrected chi connectivity index (χ4v) is 3.32. The van der Waals surface area contributed by atoms with Crippen LogP contribution in [0.15, 0.2) is 11.0 Å². The predicted octanol–water partition coefficient (Wildman–Crippen LogP) is 1.77. The summed E-state index contributed by atoms with van der Waals surface area (Å²) in [7, 11) is 0. The lowest BCUT2D eigenvalue weighted by molar-refractivity contribution is 0.314. The van der Waals surface area contributed by atoms with Crippen LogP contribution in [0.3, 0.4) is 0 Å². The summed E-state index contributed by atoms with van der Waals surface area (Å²) in [6.45, 7) is 6.63. The molecule has 1 aliphatic rings. The summed E-state index contributed by atoms with van der Waals surface area (Å²) in [4.78, 5) is 14.4. The zero-order chi connectivity index (χ0) is 14.4. The molecule has 2 rings (SSSR count). The van der Waals surface area contributed by atoms with Crippen LogP contribution in [-0.4, -0.2) is 52.4 Å². The zero-order valence-corrected chi connectivity index (χ0v) is 13.3. The molecular weight excluding hydrogens is 296 g/mol. The number of nitrogens with zero attached hydrogens (tertiary/aromatic N) is 3. The molecule has 0 spiro atoms. The molecule has 0 amide bonds. The highest BCUT2D eigenvalue weighted by molar-refractivity contribution is 7.99. The maximum atomic E-state index is 12.0. The fraction of sp³-hybridized carbons (Fsp3) is 0.692. The van der Waals surface area contributed by atoms with Crippen molar-refractivity contribution in [2.24, 2.45) is 0 Å². The summed E-state index contributed by atoms with van der Waals surface area (Å²) in [5.41, 5.74) is 0.420. The van der Waals surface area contributed by atoms with Crippen LogP contribution in [-0.2, 0) is 6.54 Å². The summed E-state index contributed by atoms with van der Waals surface area (Å²) < 4.78 is 1.41. The molecule has 5 nitrogen and oxygen atoms in total. The van der Waals surface area contributed by atoms with Crippen molar-refractivity contribution in [3.05, 3.63) is 21.6 Å². The number of hydrogen-bond donors (Lipinski definition) is 1. The highest BCUT2D eigenvalue weighted by Gasteiger charge is 2.11. The molecule has 1 aliphatic heterocycles. The second kappa shape index (κ2) is 7.90. The van der Waals surface area contributed by atoms with Crippen LogP contribution in [0.4, 0.5) is 5.69 Å². The van der Waals surface area contributed by atoms with Crippen molar-refractivity contribution in [2.75, 3.05) is 43.0 Å². The SMILES string of the molecule is CCCn1ncc(NCCN2CCSCC2)c(Cl)c1=O. The molecule has 0 aromatic carbocycles. The van der Waals surface area contributed by atoms with Crippen LogP contribution < -0.4 is 10.9 Å². The van der Waals surface area contributed by atoms with Crippen LogP contribution in [0, 0.1) is 0 Å². The normalized spacial score (nSPS) is 16.3. The fourth-order valence-electron chi connectivity index (χ4n) is 2.13. The zero-order valence-electron chi connectivity index (χ0n) is 11.8. The highest BCUT2D eigenvalue weighted by atomic mass is 35.5. The van der Waals surface area contributed by atoms with E-state index in [4.69, 9.17) is 11.6 Å². The van der Waals surface area contributed by atoms with Gasteiger partial charge in [-0.1, -0.05) is 18.5 Å². The Bertz CT molecular complexity index is 488. The predicted molar refractivity (Wildman–Crippen MR) is 86.1 cm³/mol. The quantitative estimate of drug-likeness (QED) is 0.867. The van der Waals surface area contributed by atoms with Crippen molar-refractivity contribution in [1.82, 2.24) is 14.7 Å². The van der Waals surface area contributed by atoms with Gasteiger partial charge >= 0.3 is 0 Å². The van der Waals surface area contributed by atoms with Gasteiger partial charge in [0.25, 0.3) is 5.56 Å². The Balaban J connectivity index is 1.89. The number of nitrogens with one attached hydrogen (secondary N) is 1. The van der Waals surface area contributed by atoms with E-state index in [0.29, 0.717) is 12.2 Å². The number of aromatic nitrogens is 2. The first-order chi connectivity index (χ1) is 9.72. The molecule has 1 aromatic heterocycles. The standard InChI is InChI=1S/C13H21ClN4OS/c1-2-4-18-13(19)12(14)11(10-16-18)15-3-5-17-6-8-20-9-7-17/h10,15H,2-9H2,1H3. The van der Waals surface area contributed by atoms with Gasteiger partial charge in [0.05, 0.1) is 11.9 Å². The van der Waals surface area contributed by atoms with Gasteiger partial charge in [-0.15, -0.1) is 0 Å². The van der Waals surface area contributed by atoms with Crippen molar-refractivity contribution in [2.45, 2.75) is 19.9 Å². The van der Waals surface area contributed by atoms with Crippen LogP contribution in [0.2, 0.25) is 5.02 Å². The van der Waals surface area contributed by atoms with Crippen molar-refractivity contribution in [1.29, 1.82) is 0 Å². The average Bonchev–Trinajstić information content (AvgIpc) is 2.48. The van der Waals surface area contributed by atoms with E-state index in [1.54, 1.807) is 6.20 Å². The van der Waals surface area contributed by atoms with Crippen molar-refractivity contribution in [3.8, 4) is 0 Å². The second-order valence-corrected chi connectivity index (χ2v) is 6.38. The van der Waals surface area contributed by atoms with E-state index in [1.807, 2.05) is 18.7 Å². The maximum Gasteiger partial charge on any atom is 0.287 e. The summed E-state index contributed by atoms with van der Waals surface area (Å²) >= 11 is 8.10. The van der Waals surface area contributed by atoms with E-state index >= 15 is 0 Å². The molecule has 1 fully saturated rings. The molecule has 0 bridgehead atoms. The van der Waals surface area contributed by atoms with E-state index in [2.05, 4.69) is 15.3 Å². The van der Waals surface area contributed by atoms with Gasteiger partial charge in [-0.05, 0) is 6.42 Å². The Kier molecular flexibility index (Phi) is 6.19. The molecule has 112 valence electrons. The molecule has 0 aliphatic carbocycles. The number of rotatable bonds is 6. The van der Waals surface area contributed by atoms with Gasteiger partial charge in [-0.25, -0.2) is 4.68 Å². The smallest absolute Gasteiger partial charge is 0.287 e. The Hall–Kier alpha value is -0.720. The molecule has 0 atom stereocenters. The summed E-state index contributed by atoms with van der Waals surface area (Å²) in [5, 5.41) is 7.59. The van der Waals surface area contributed by atoms with Gasteiger partial charge < -0.3 is 5.32 Å². The van der Waals surface area contributed by atoms with Crippen LogP contribution in [0.1, 0.15) is 13.3 Å². The number of thioether (sulfide) groups is 1. The third-order valence-corrected chi connectivity index (χ3v) is 4.58. The Morgan fingerprint density at radius 1 is 1.40 bits per heavy atom. The largest absolute Gasteiger partial charge is 0.381 e. The van der Waals surface area contributed by atoms with Gasteiger partial charge in [0, 0.05) is 44.2 Å². The molecule has 0 radical (unpaired) electrons. The summed E-state index contributed by atoms with van der Waals surface area (Å²) in [6, 6.07) is 0. The lowest BCUT2D eigenvalue weighted by atomic mass is 10.4. The van der Waals surface area contributed by atoms with Gasteiger partial charge in [-0.2, -0.15) is 16.9 Å². The number of hydrogen-bond acceptors (Lipinski definition) is 5. The number of halogens is 1. The molecule has 20 heavy (non-hydrogen) atoms. The lowest BCUT2D eigenvalue weighted by Gasteiger charge is -2.26. The Morgan fingerprint density at radius 3 is 2.85 bits per heavy atom. The maximum absolute atomic E-state index is 12.0. The average molecular weight is 317 g/mol. The first kappa shape index (κ1) is 15.7. The first-order valence-corrected chi connectivity index (χ1v) is 8.55. The van der Waals surface area contributed by atoms with Gasteiger partial charge in [0.15, 0.2) is 0 Å². The Morgan fingerprint density at radius 2 is 2.15 bits per heavy atom. The highest BCUT2D eigenvalue weighted by Crippen LogP contribution is 2.15. The molecular formula is C13H21ClN4OS. The van der Waals surface area contributed by atoms with E-state index in [9.17, 15) is 4.79 Å². The minimum Gasteiger partial charge on any atom is -0.381 e. The second-order valence-electron chi connectivity index (χ2n) is 4.78. The van der Waals surface area contributed by atoms with E-state index in [-0.39, 0.29) is 10.6 Å². The molecule has 1 saturated heterocycles. The molecule has 1 N–H and O–H groups in total. The summed E-state index contributed by atoms with van der Waals surface area (Å²) in [6.07, 6.45) is 2.51. The van der Waals surface area contributed by atoms with E-state index < -0.39 is 0 Å². The van der Waals surface area contributed by atoms with Crippen LogP contribution in [0.5, 0.6) is 0 Å². The minimum absolute atomic E-state index is 0.215. The third kappa shape index (κ3) is 4.14. The molecule has 1 aromatic rings. The number of aryl methyl sites for hydroxylation is 1. The third-order valence-electron chi connectivity index (χ3n) is 3.27. The van der Waals surface area contributed by atoms with Crippen LogP contribution >= 0.6 is 23.4 Å². The molecule has 0 unspecified atom stereocenters. The van der Waals surface area contributed by atoms with E-state index in [0.717, 1.165) is 32.6 Å². The lowest BCUT2D eigenvalue weighted by Crippen LogP contribution is -2.36. The number of anilines is 1. The van der Waals surface area contributed by atoms with Gasteiger partial charge in [0.2, 0.25) is 0 Å². The monoisotopic (exact) mass is 316 g/mol. The minimum atomic E-state index is -0.215. The molecule has 0 saturated carbocycles. The topological polar surface area (TPSA) is 50.2 Å². The first-order valence-electron chi connectivity index (χ1n) is 7.02. The van der Waals surface area contributed by atoms with Crippen LogP contribution in [0.25, 0.3) is 0 Å².